The summed E-state index contributed by atoms with van der Waals surface area (Å²) in [5, 5.41) is 15.2. The van der Waals surface area contributed by atoms with E-state index in [1.54, 1.807) is 16.4 Å². The summed E-state index contributed by atoms with van der Waals surface area (Å²) < 4.78 is 1.78. The Hall–Kier alpha value is -0.190. The topological polar surface area (TPSA) is 38.0 Å². The highest BCUT2D eigenvalue weighted by Gasteiger charge is 2.33. The van der Waals surface area contributed by atoms with Crippen LogP contribution in [0.25, 0.3) is 0 Å². The van der Waals surface area contributed by atoms with Gasteiger partial charge in [-0.1, -0.05) is 11.6 Å². The van der Waals surface area contributed by atoms with Crippen LogP contribution in [-0.2, 0) is 13.5 Å². The number of rotatable bonds is 2. The van der Waals surface area contributed by atoms with Gasteiger partial charge in [0, 0.05) is 19.2 Å². The molecule has 1 saturated heterocycles. The van der Waals surface area contributed by atoms with Gasteiger partial charge in [0.15, 0.2) is 0 Å². The largest absolute Gasteiger partial charge is 0.389 e. The van der Waals surface area contributed by atoms with Gasteiger partial charge in [0.05, 0.1) is 22.0 Å². The van der Waals surface area contributed by atoms with E-state index in [1.165, 1.54) is 0 Å². The van der Waals surface area contributed by atoms with Gasteiger partial charge in [-0.25, -0.2) is 0 Å². The molecule has 84 valence electrons. The number of hydrogen-bond donors (Lipinski definition) is 1. The minimum Gasteiger partial charge on any atom is -0.389 e. The number of aryl methyl sites for hydroxylation is 2. The van der Waals surface area contributed by atoms with Gasteiger partial charge < -0.3 is 5.11 Å². The average molecular weight is 247 g/mol. The van der Waals surface area contributed by atoms with Crippen LogP contribution in [0.4, 0.5) is 0 Å². The van der Waals surface area contributed by atoms with Crippen LogP contribution in [-0.4, -0.2) is 32.0 Å². The molecule has 1 aliphatic rings. The van der Waals surface area contributed by atoms with Gasteiger partial charge in [-0.05, 0) is 19.1 Å². The van der Waals surface area contributed by atoms with E-state index in [1.807, 2.05) is 14.0 Å². The van der Waals surface area contributed by atoms with Gasteiger partial charge in [0.1, 0.15) is 0 Å². The molecule has 1 fully saturated rings. The second-order valence-corrected chi connectivity index (χ2v) is 5.66. The van der Waals surface area contributed by atoms with Gasteiger partial charge in [-0.15, -0.1) is 0 Å². The SMILES string of the molecule is Cc1nn(C)c(CC2(O)CCSC2)c1Cl. The molecule has 1 aromatic heterocycles. The lowest BCUT2D eigenvalue weighted by atomic mass is 9.97. The van der Waals surface area contributed by atoms with Gasteiger partial charge >= 0.3 is 0 Å². The van der Waals surface area contributed by atoms with Crippen LogP contribution >= 0.6 is 23.4 Å². The second-order valence-electron chi connectivity index (χ2n) is 4.17. The van der Waals surface area contributed by atoms with Gasteiger partial charge in [-0.2, -0.15) is 16.9 Å². The van der Waals surface area contributed by atoms with E-state index in [-0.39, 0.29) is 0 Å². The van der Waals surface area contributed by atoms with Crippen LogP contribution in [0.15, 0.2) is 0 Å². The maximum atomic E-state index is 10.3. The Morgan fingerprint density at radius 2 is 2.40 bits per heavy atom. The summed E-state index contributed by atoms with van der Waals surface area (Å²) in [7, 11) is 1.87. The number of hydrogen-bond acceptors (Lipinski definition) is 3. The van der Waals surface area contributed by atoms with Crippen LogP contribution in [0.2, 0.25) is 5.02 Å². The van der Waals surface area contributed by atoms with Crippen LogP contribution < -0.4 is 0 Å². The van der Waals surface area contributed by atoms with Crippen LogP contribution in [0.5, 0.6) is 0 Å². The molecule has 0 bridgehead atoms. The highest BCUT2D eigenvalue weighted by molar-refractivity contribution is 7.99. The molecule has 3 nitrogen and oxygen atoms in total. The third-order valence-electron chi connectivity index (χ3n) is 2.84. The van der Waals surface area contributed by atoms with Crippen LogP contribution in [0.3, 0.4) is 0 Å². The standard InChI is InChI=1S/C10H15ClN2OS/c1-7-9(11)8(13(2)12-7)5-10(14)3-4-15-6-10/h14H,3-6H2,1-2H3. The lowest BCUT2D eigenvalue weighted by molar-refractivity contribution is 0.0667. The van der Waals surface area contributed by atoms with Crippen molar-refractivity contribution in [3.63, 3.8) is 0 Å². The van der Waals surface area contributed by atoms with E-state index in [2.05, 4.69) is 5.10 Å². The van der Waals surface area contributed by atoms with Crippen LogP contribution in [0.1, 0.15) is 17.8 Å². The van der Waals surface area contributed by atoms with Crippen molar-refractivity contribution in [1.29, 1.82) is 0 Å². The highest BCUT2D eigenvalue weighted by atomic mass is 35.5. The first kappa shape index (κ1) is 11.3. The summed E-state index contributed by atoms with van der Waals surface area (Å²) in [6.45, 7) is 1.89. The predicted octanol–water partition coefficient (Wildman–Crippen LogP) is 1.79. The van der Waals surface area contributed by atoms with Crippen molar-refractivity contribution in [2.45, 2.75) is 25.4 Å². The molecule has 1 aliphatic heterocycles. The Morgan fingerprint density at radius 3 is 2.87 bits per heavy atom. The highest BCUT2D eigenvalue weighted by Crippen LogP contribution is 2.33. The fraction of sp³-hybridized carbons (Fsp3) is 0.700. The number of nitrogens with zero attached hydrogens (tertiary/aromatic N) is 2. The minimum absolute atomic E-state index is 0.589. The van der Waals surface area contributed by atoms with Crippen molar-refractivity contribution in [3.8, 4) is 0 Å². The Morgan fingerprint density at radius 1 is 1.67 bits per heavy atom. The van der Waals surface area contributed by atoms with E-state index in [4.69, 9.17) is 11.6 Å². The number of thioether (sulfide) groups is 1. The third-order valence-corrected chi connectivity index (χ3v) is 4.57. The normalized spacial score (nSPS) is 26.1. The molecule has 2 heterocycles. The molecule has 2 rings (SSSR count). The first-order valence-corrected chi connectivity index (χ1v) is 6.53. The molecule has 0 amide bonds. The molecular weight excluding hydrogens is 232 g/mol. The fourth-order valence-electron chi connectivity index (χ4n) is 1.92. The minimum atomic E-state index is -0.589. The van der Waals surface area contributed by atoms with Gasteiger partial charge in [-0.3, -0.25) is 4.68 Å². The van der Waals surface area contributed by atoms with E-state index in [9.17, 15) is 5.11 Å². The monoisotopic (exact) mass is 246 g/mol. The predicted molar refractivity (Wildman–Crippen MR) is 63.6 cm³/mol. The van der Waals surface area contributed by atoms with Crippen molar-refractivity contribution >= 4 is 23.4 Å². The quantitative estimate of drug-likeness (QED) is 0.865. The van der Waals surface area contributed by atoms with Crippen LogP contribution in [0, 0.1) is 6.92 Å². The Labute approximate surface area is 98.8 Å². The molecule has 0 spiro atoms. The Bertz CT molecular complexity index is 372. The molecule has 0 aromatic carbocycles. The molecule has 1 atom stereocenters. The fourth-order valence-corrected chi connectivity index (χ4v) is 3.44. The summed E-state index contributed by atoms with van der Waals surface area (Å²) in [5.74, 6) is 1.83. The maximum Gasteiger partial charge on any atom is 0.0848 e. The van der Waals surface area contributed by atoms with Gasteiger partial charge in [0.25, 0.3) is 0 Å². The smallest absolute Gasteiger partial charge is 0.0848 e. The van der Waals surface area contributed by atoms with Crippen molar-refractivity contribution < 1.29 is 5.11 Å². The summed E-state index contributed by atoms with van der Waals surface area (Å²) in [4.78, 5) is 0. The second kappa shape index (κ2) is 4.00. The summed E-state index contributed by atoms with van der Waals surface area (Å²) in [6, 6.07) is 0. The number of halogens is 1. The lowest BCUT2D eigenvalue weighted by Gasteiger charge is -2.21. The number of aromatic nitrogens is 2. The molecule has 1 unspecified atom stereocenters. The summed E-state index contributed by atoms with van der Waals surface area (Å²) in [5.41, 5.74) is 1.19. The molecule has 5 heteroatoms. The Balaban J connectivity index is 2.23. The van der Waals surface area contributed by atoms with Crippen molar-refractivity contribution in [1.82, 2.24) is 9.78 Å². The zero-order valence-electron chi connectivity index (χ0n) is 8.96. The van der Waals surface area contributed by atoms with Gasteiger partial charge in [0.2, 0.25) is 0 Å². The molecule has 1 aromatic rings. The van der Waals surface area contributed by atoms with Crippen molar-refractivity contribution in [2.75, 3.05) is 11.5 Å². The van der Waals surface area contributed by atoms with Crippen molar-refractivity contribution in [3.05, 3.63) is 16.4 Å². The molecule has 0 radical (unpaired) electrons. The summed E-state index contributed by atoms with van der Waals surface area (Å²) >= 11 is 7.95. The number of aliphatic hydroxyl groups is 1. The van der Waals surface area contributed by atoms with E-state index >= 15 is 0 Å². The first-order chi connectivity index (χ1) is 7.02. The summed E-state index contributed by atoms with van der Waals surface area (Å²) in [6.07, 6.45) is 1.45. The molecular formula is C10H15ClN2OS. The maximum absolute atomic E-state index is 10.3. The average Bonchev–Trinajstić information content (AvgIpc) is 2.68. The lowest BCUT2D eigenvalue weighted by Crippen LogP contribution is -2.31. The van der Waals surface area contributed by atoms with E-state index in [0.717, 1.165) is 29.3 Å². The van der Waals surface area contributed by atoms with Crippen molar-refractivity contribution in [2.24, 2.45) is 7.05 Å². The molecule has 1 N–H and O–H groups in total. The van der Waals surface area contributed by atoms with E-state index < -0.39 is 5.60 Å². The zero-order chi connectivity index (χ0) is 11.1. The van der Waals surface area contributed by atoms with E-state index in [0.29, 0.717) is 11.4 Å². The zero-order valence-corrected chi connectivity index (χ0v) is 10.5. The molecule has 0 saturated carbocycles. The Kier molecular flexibility index (Phi) is 3.01. The third kappa shape index (κ3) is 2.17. The molecule has 0 aliphatic carbocycles. The first-order valence-electron chi connectivity index (χ1n) is 5.00. The molecule has 15 heavy (non-hydrogen) atoms.